The molecule has 0 aliphatic heterocycles. The number of non-ortho nitro benzene ring substituents is 1. The Morgan fingerprint density at radius 1 is 1.44 bits per heavy atom. The van der Waals surface area contributed by atoms with Crippen molar-refractivity contribution in [2.45, 2.75) is 39.7 Å². The van der Waals surface area contributed by atoms with E-state index in [1.54, 1.807) is 18.2 Å². The van der Waals surface area contributed by atoms with E-state index >= 15 is 0 Å². The second-order valence-corrected chi connectivity index (χ2v) is 5.88. The molecule has 1 aromatic rings. The highest BCUT2D eigenvalue weighted by atomic mass is 127. The topological polar surface area (TPSA) is 55.2 Å². The monoisotopic (exact) mass is 362 g/mol. The van der Waals surface area contributed by atoms with Crippen molar-refractivity contribution < 1.29 is 4.92 Å². The second-order valence-electron chi connectivity index (χ2n) is 4.72. The van der Waals surface area contributed by atoms with Gasteiger partial charge in [-0.1, -0.05) is 20.3 Å². The van der Waals surface area contributed by atoms with E-state index in [4.69, 9.17) is 0 Å². The Labute approximate surface area is 121 Å². The van der Waals surface area contributed by atoms with E-state index in [-0.39, 0.29) is 10.6 Å². The van der Waals surface area contributed by atoms with Crippen LogP contribution in [0.4, 0.5) is 11.4 Å². The molecule has 5 heteroatoms. The zero-order valence-electron chi connectivity index (χ0n) is 10.9. The van der Waals surface area contributed by atoms with Crippen LogP contribution in [0.2, 0.25) is 0 Å². The van der Waals surface area contributed by atoms with E-state index in [0.29, 0.717) is 12.0 Å². The summed E-state index contributed by atoms with van der Waals surface area (Å²) in [6.07, 6.45) is 2.27. The molecule has 2 atom stereocenters. The lowest BCUT2D eigenvalue weighted by molar-refractivity contribution is -0.384. The molecular weight excluding hydrogens is 343 g/mol. The van der Waals surface area contributed by atoms with Crippen molar-refractivity contribution in [3.05, 3.63) is 31.9 Å². The van der Waals surface area contributed by atoms with Crippen LogP contribution in [0, 0.1) is 19.6 Å². The molecule has 1 N–H and O–H groups in total. The first kappa shape index (κ1) is 15.2. The third-order valence-electron chi connectivity index (χ3n) is 3.02. The lowest BCUT2D eigenvalue weighted by Gasteiger charge is -2.19. The van der Waals surface area contributed by atoms with Gasteiger partial charge in [-0.05, 0) is 47.9 Å². The van der Waals surface area contributed by atoms with E-state index in [9.17, 15) is 10.1 Å². The summed E-state index contributed by atoms with van der Waals surface area (Å²) < 4.78 is 0.887. The molecule has 0 aromatic heterocycles. The molecule has 1 rings (SSSR count). The Morgan fingerprint density at radius 2 is 2.11 bits per heavy atom. The first-order chi connectivity index (χ1) is 8.43. The Hall–Kier alpha value is -0.850. The van der Waals surface area contributed by atoms with Crippen molar-refractivity contribution in [2.24, 2.45) is 5.92 Å². The quantitative estimate of drug-likeness (QED) is 0.463. The van der Waals surface area contributed by atoms with Crippen LogP contribution in [0.25, 0.3) is 0 Å². The number of nitrogens with zero attached hydrogens (tertiary/aromatic N) is 1. The van der Waals surface area contributed by atoms with Crippen molar-refractivity contribution in [3.63, 3.8) is 0 Å². The van der Waals surface area contributed by atoms with Gasteiger partial charge in [-0.2, -0.15) is 0 Å². The van der Waals surface area contributed by atoms with Gasteiger partial charge in [-0.3, -0.25) is 10.1 Å². The molecule has 0 aliphatic carbocycles. The van der Waals surface area contributed by atoms with Gasteiger partial charge in [0.2, 0.25) is 0 Å². The fourth-order valence-electron chi connectivity index (χ4n) is 1.83. The molecule has 100 valence electrons. The van der Waals surface area contributed by atoms with Crippen molar-refractivity contribution in [3.8, 4) is 0 Å². The summed E-state index contributed by atoms with van der Waals surface area (Å²) in [5, 5.41) is 14.1. The molecule has 0 amide bonds. The molecule has 0 saturated heterocycles. The van der Waals surface area contributed by atoms with Crippen molar-refractivity contribution in [1.82, 2.24) is 0 Å². The van der Waals surface area contributed by atoms with Gasteiger partial charge in [-0.15, -0.1) is 0 Å². The summed E-state index contributed by atoms with van der Waals surface area (Å²) >= 11 is 2.13. The summed E-state index contributed by atoms with van der Waals surface area (Å²) in [5.41, 5.74) is 1.11. The molecule has 0 aliphatic rings. The standard InChI is InChI=1S/C13H19IN2O2/c1-4-9(2)7-10(3)15-13-6-5-11(16(17)18)8-12(13)14/h5-6,8-10,15H,4,7H2,1-3H3. The number of nitrogens with one attached hydrogen (secondary N) is 1. The van der Waals surface area contributed by atoms with Crippen molar-refractivity contribution >= 4 is 34.0 Å². The fraction of sp³-hybridized carbons (Fsp3) is 0.538. The van der Waals surface area contributed by atoms with Gasteiger partial charge in [0, 0.05) is 27.4 Å². The first-order valence-electron chi connectivity index (χ1n) is 6.14. The van der Waals surface area contributed by atoms with Gasteiger partial charge in [0.25, 0.3) is 5.69 Å². The molecule has 0 fully saturated rings. The van der Waals surface area contributed by atoms with Crippen LogP contribution in [0.15, 0.2) is 18.2 Å². The number of anilines is 1. The zero-order valence-corrected chi connectivity index (χ0v) is 13.1. The van der Waals surface area contributed by atoms with Crippen molar-refractivity contribution in [2.75, 3.05) is 5.32 Å². The first-order valence-corrected chi connectivity index (χ1v) is 7.22. The van der Waals surface area contributed by atoms with E-state index in [0.717, 1.165) is 15.7 Å². The smallest absolute Gasteiger partial charge is 0.270 e. The number of rotatable bonds is 6. The lowest BCUT2D eigenvalue weighted by Crippen LogP contribution is -2.18. The maximum absolute atomic E-state index is 10.7. The highest BCUT2D eigenvalue weighted by Crippen LogP contribution is 2.25. The highest BCUT2D eigenvalue weighted by Gasteiger charge is 2.12. The van der Waals surface area contributed by atoms with E-state index in [1.807, 2.05) is 0 Å². The van der Waals surface area contributed by atoms with E-state index in [2.05, 4.69) is 48.7 Å². The molecule has 18 heavy (non-hydrogen) atoms. The lowest BCUT2D eigenvalue weighted by atomic mass is 10.0. The Kier molecular flexibility index (Phi) is 5.84. The molecule has 0 spiro atoms. The highest BCUT2D eigenvalue weighted by molar-refractivity contribution is 14.1. The molecule has 1 aromatic carbocycles. The normalized spacial score (nSPS) is 14.0. The predicted molar refractivity (Wildman–Crippen MR) is 83.0 cm³/mol. The summed E-state index contributed by atoms with van der Waals surface area (Å²) in [5.74, 6) is 0.684. The van der Waals surface area contributed by atoms with Crippen LogP contribution >= 0.6 is 22.6 Å². The summed E-state index contributed by atoms with van der Waals surface area (Å²) in [4.78, 5) is 10.3. The Morgan fingerprint density at radius 3 is 2.61 bits per heavy atom. The predicted octanol–water partition coefficient (Wildman–Crippen LogP) is 4.44. The number of nitro benzene ring substituents is 1. The van der Waals surface area contributed by atoms with Gasteiger partial charge < -0.3 is 5.32 Å². The molecule has 0 heterocycles. The third kappa shape index (κ3) is 4.44. The molecule has 4 nitrogen and oxygen atoms in total. The van der Waals surface area contributed by atoms with Gasteiger partial charge in [0.15, 0.2) is 0 Å². The zero-order chi connectivity index (χ0) is 13.7. The minimum atomic E-state index is -0.367. The van der Waals surface area contributed by atoms with Crippen LogP contribution < -0.4 is 5.32 Å². The van der Waals surface area contributed by atoms with Gasteiger partial charge in [-0.25, -0.2) is 0 Å². The average Bonchev–Trinajstić information content (AvgIpc) is 2.31. The number of hydrogen-bond donors (Lipinski definition) is 1. The molecule has 0 radical (unpaired) electrons. The molecule has 2 unspecified atom stereocenters. The maximum atomic E-state index is 10.7. The fourth-order valence-corrected chi connectivity index (χ4v) is 2.48. The number of halogens is 1. The van der Waals surface area contributed by atoms with Gasteiger partial charge >= 0.3 is 0 Å². The van der Waals surface area contributed by atoms with E-state index < -0.39 is 0 Å². The molecular formula is C13H19IN2O2. The number of hydrogen-bond acceptors (Lipinski definition) is 3. The summed E-state index contributed by atoms with van der Waals surface area (Å²) in [6.45, 7) is 6.57. The largest absolute Gasteiger partial charge is 0.382 e. The number of benzene rings is 1. The van der Waals surface area contributed by atoms with Gasteiger partial charge in [0.05, 0.1) is 4.92 Å². The Balaban J connectivity index is 2.70. The minimum Gasteiger partial charge on any atom is -0.382 e. The third-order valence-corrected chi connectivity index (χ3v) is 3.91. The maximum Gasteiger partial charge on any atom is 0.270 e. The van der Waals surface area contributed by atoms with Crippen LogP contribution in [0.1, 0.15) is 33.6 Å². The summed E-state index contributed by atoms with van der Waals surface area (Å²) in [7, 11) is 0. The molecule has 0 saturated carbocycles. The van der Waals surface area contributed by atoms with Crippen LogP contribution in [0.5, 0.6) is 0 Å². The van der Waals surface area contributed by atoms with Crippen LogP contribution in [-0.2, 0) is 0 Å². The Bertz CT molecular complexity index is 423. The van der Waals surface area contributed by atoms with E-state index in [1.165, 1.54) is 6.42 Å². The number of nitro groups is 1. The van der Waals surface area contributed by atoms with Crippen LogP contribution in [-0.4, -0.2) is 11.0 Å². The van der Waals surface area contributed by atoms with Crippen molar-refractivity contribution in [1.29, 1.82) is 0 Å². The SMILES string of the molecule is CCC(C)CC(C)Nc1ccc([N+](=O)[O-])cc1I. The second kappa shape index (κ2) is 6.92. The summed E-state index contributed by atoms with van der Waals surface area (Å²) in [6, 6.07) is 5.29. The molecule has 0 bridgehead atoms. The van der Waals surface area contributed by atoms with Gasteiger partial charge in [0.1, 0.15) is 0 Å². The van der Waals surface area contributed by atoms with Crippen LogP contribution in [0.3, 0.4) is 0 Å². The average molecular weight is 362 g/mol. The minimum absolute atomic E-state index is 0.138.